The van der Waals surface area contributed by atoms with Crippen molar-refractivity contribution in [2.75, 3.05) is 0 Å². The molecule has 0 spiro atoms. The van der Waals surface area contributed by atoms with Crippen molar-refractivity contribution in [2.24, 2.45) is 5.84 Å². The van der Waals surface area contributed by atoms with E-state index in [1.807, 2.05) is 30.3 Å². The maximum absolute atomic E-state index is 7.24. The molecular formula is C7H10ClN3. The Hall–Kier alpha value is -1.06. The van der Waals surface area contributed by atoms with Gasteiger partial charge in [-0.3, -0.25) is 5.41 Å². The quantitative estimate of drug-likeness (QED) is 0.255. The maximum atomic E-state index is 7.24. The van der Waals surface area contributed by atoms with Crippen LogP contribution in [0.1, 0.15) is 5.56 Å². The predicted octanol–water partition coefficient (Wildman–Crippen LogP) is 0.897. The van der Waals surface area contributed by atoms with Crippen LogP contribution in [0.3, 0.4) is 0 Å². The summed E-state index contributed by atoms with van der Waals surface area (Å²) >= 11 is 0. The molecular weight excluding hydrogens is 162 g/mol. The van der Waals surface area contributed by atoms with Gasteiger partial charge in [0, 0.05) is 5.56 Å². The molecule has 0 saturated heterocycles. The monoisotopic (exact) mass is 171 g/mol. The molecule has 0 heterocycles. The molecule has 60 valence electrons. The number of benzene rings is 1. The average Bonchev–Trinajstić information content (AvgIpc) is 2.05. The molecule has 1 rings (SSSR count). The van der Waals surface area contributed by atoms with Crippen LogP contribution in [0.15, 0.2) is 30.3 Å². The van der Waals surface area contributed by atoms with Crippen molar-refractivity contribution >= 4 is 18.2 Å². The van der Waals surface area contributed by atoms with E-state index in [-0.39, 0.29) is 18.2 Å². The number of nitrogens with two attached hydrogens (primary N) is 1. The molecule has 0 bridgehead atoms. The number of hydrazine groups is 1. The first kappa shape index (κ1) is 9.94. The first-order chi connectivity index (χ1) is 4.84. The molecule has 0 unspecified atom stereocenters. The fraction of sp³-hybridized carbons (Fsp3) is 0. The summed E-state index contributed by atoms with van der Waals surface area (Å²) in [5.74, 6) is 5.27. The van der Waals surface area contributed by atoms with Gasteiger partial charge in [-0.05, 0) is 0 Å². The van der Waals surface area contributed by atoms with Gasteiger partial charge in [0.15, 0.2) is 0 Å². The van der Waals surface area contributed by atoms with Gasteiger partial charge in [0.25, 0.3) is 0 Å². The zero-order chi connectivity index (χ0) is 7.40. The maximum Gasteiger partial charge on any atom is 0.139 e. The second-order valence-corrected chi connectivity index (χ2v) is 1.89. The highest BCUT2D eigenvalue weighted by atomic mass is 35.5. The van der Waals surface area contributed by atoms with Crippen molar-refractivity contribution < 1.29 is 0 Å². The van der Waals surface area contributed by atoms with Gasteiger partial charge in [-0.15, -0.1) is 12.4 Å². The Bertz CT molecular complexity index is 222. The fourth-order valence-electron chi connectivity index (χ4n) is 0.688. The normalized spacial score (nSPS) is 8.09. The SMILES string of the molecule is Cl.N=C(NN)c1ccccc1. The molecule has 4 heteroatoms. The van der Waals surface area contributed by atoms with Crippen LogP contribution in [0.2, 0.25) is 0 Å². The van der Waals surface area contributed by atoms with Crippen molar-refractivity contribution in [3.63, 3.8) is 0 Å². The van der Waals surface area contributed by atoms with Crippen molar-refractivity contribution in [1.29, 1.82) is 5.41 Å². The zero-order valence-corrected chi connectivity index (χ0v) is 6.69. The van der Waals surface area contributed by atoms with E-state index in [2.05, 4.69) is 5.43 Å². The van der Waals surface area contributed by atoms with Gasteiger partial charge >= 0.3 is 0 Å². The van der Waals surface area contributed by atoms with Crippen molar-refractivity contribution in [3.05, 3.63) is 35.9 Å². The largest absolute Gasteiger partial charge is 0.308 e. The topological polar surface area (TPSA) is 61.9 Å². The lowest BCUT2D eigenvalue weighted by molar-refractivity contribution is 1.01. The minimum absolute atomic E-state index is 0. The minimum atomic E-state index is 0. The number of halogens is 1. The van der Waals surface area contributed by atoms with E-state index in [1.165, 1.54) is 0 Å². The molecule has 4 N–H and O–H groups in total. The van der Waals surface area contributed by atoms with Gasteiger partial charge in [0.05, 0.1) is 0 Å². The first-order valence-electron chi connectivity index (χ1n) is 2.95. The Morgan fingerprint density at radius 3 is 2.27 bits per heavy atom. The third kappa shape index (κ3) is 2.57. The summed E-state index contributed by atoms with van der Waals surface area (Å²) in [5, 5.41) is 7.24. The molecule has 1 aromatic carbocycles. The van der Waals surface area contributed by atoms with Crippen LogP contribution < -0.4 is 11.3 Å². The fourth-order valence-corrected chi connectivity index (χ4v) is 0.688. The second kappa shape index (κ2) is 4.71. The molecule has 0 saturated carbocycles. The van der Waals surface area contributed by atoms with E-state index in [0.29, 0.717) is 0 Å². The molecule has 0 atom stereocenters. The number of amidine groups is 1. The summed E-state index contributed by atoms with van der Waals surface area (Å²) < 4.78 is 0. The molecule has 0 aliphatic heterocycles. The van der Waals surface area contributed by atoms with Gasteiger partial charge < -0.3 is 5.43 Å². The molecule has 3 nitrogen and oxygen atoms in total. The van der Waals surface area contributed by atoms with Crippen molar-refractivity contribution in [2.45, 2.75) is 0 Å². The smallest absolute Gasteiger partial charge is 0.139 e. The highest BCUT2D eigenvalue weighted by Crippen LogP contribution is 1.95. The lowest BCUT2D eigenvalue weighted by atomic mass is 10.2. The molecule has 0 amide bonds. The molecule has 0 aromatic heterocycles. The lowest BCUT2D eigenvalue weighted by Crippen LogP contribution is -2.29. The summed E-state index contributed by atoms with van der Waals surface area (Å²) in [6.45, 7) is 0. The summed E-state index contributed by atoms with van der Waals surface area (Å²) in [7, 11) is 0. The van der Waals surface area contributed by atoms with E-state index in [4.69, 9.17) is 11.3 Å². The van der Waals surface area contributed by atoms with Crippen LogP contribution >= 0.6 is 12.4 Å². The van der Waals surface area contributed by atoms with E-state index >= 15 is 0 Å². The van der Waals surface area contributed by atoms with Gasteiger partial charge in [0.1, 0.15) is 5.84 Å². The summed E-state index contributed by atoms with van der Waals surface area (Å²) in [6.07, 6.45) is 0. The molecule has 0 radical (unpaired) electrons. The van der Waals surface area contributed by atoms with Crippen molar-refractivity contribution in [1.82, 2.24) is 5.43 Å². The van der Waals surface area contributed by atoms with E-state index < -0.39 is 0 Å². The van der Waals surface area contributed by atoms with E-state index in [1.54, 1.807) is 0 Å². The number of hydrogen-bond acceptors (Lipinski definition) is 2. The molecule has 0 aliphatic carbocycles. The van der Waals surface area contributed by atoms with Crippen LogP contribution in [0.4, 0.5) is 0 Å². The van der Waals surface area contributed by atoms with E-state index in [0.717, 1.165) is 5.56 Å². The van der Waals surface area contributed by atoms with Crippen LogP contribution in [0.5, 0.6) is 0 Å². The number of rotatable bonds is 1. The first-order valence-corrected chi connectivity index (χ1v) is 2.95. The van der Waals surface area contributed by atoms with Gasteiger partial charge in [0.2, 0.25) is 0 Å². The third-order valence-electron chi connectivity index (χ3n) is 1.21. The Kier molecular flexibility index (Phi) is 4.26. The van der Waals surface area contributed by atoms with Gasteiger partial charge in [-0.1, -0.05) is 30.3 Å². The van der Waals surface area contributed by atoms with Gasteiger partial charge in [-0.25, -0.2) is 5.84 Å². The zero-order valence-electron chi connectivity index (χ0n) is 5.87. The third-order valence-corrected chi connectivity index (χ3v) is 1.21. The summed E-state index contributed by atoms with van der Waals surface area (Å²) in [4.78, 5) is 0. The Morgan fingerprint density at radius 2 is 1.82 bits per heavy atom. The van der Waals surface area contributed by atoms with Crippen molar-refractivity contribution in [3.8, 4) is 0 Å². The number of hydrogen-bond donors (Lipinski definition) is 3. The molecule has 1 aromatic rings. The molecule has 0 fully saturated rings. The summed E-state index contributed by atoms with van der Waals surface area (Å²) in [6, 6.07) is 9.26. The Labute approximate surface area is 71.5 Å². The summed E-state index contributed by atoms with van der Waals surface area (Å²) in [5.41, 5.74) is 3.06. The predicted molar refractivity (Wildman–Crippen MR) is 47.8 cm³/mol. The van der Waals surface area contributed by atoms with Crippen LogP contribution in [-0.4, -0.2) is 5.84 Å². The average molecular weight is 172 g/mol. The lowest BCUT2D eigenvalue weighted by Gasteiger charge is -1.99. The number of nitrogens with one attached hydrogen (secondary N) is 2. The van der Waals surface area contributed by atoms with Crippen LogP contribution in [0.25, 0.3) is 0 Å². The molecule has 0 aliphatic rings. The highest BCUT2D eigenvalue weighted by Gasteiger charge is 1.93. The highest BCUT2D eigenvalue weighted by molar-refractivity contribution is 5.95. The minimum Gasteiger partial charge on any atom is -0.308 e. The van der Waals surface area contributed by atoms with Crippen LogP contribution in [-0.2, 0) is 0 Å². The second-order valence-electron chi connectivity index (χ2n) is 1.89. The molecule has 11 heavy (non-hydrogen) atoms. The van der Waals surface area contributed by atoms with Gasteiger partial charge in [-0.2, -0.15) is 0 Å². The van der Waals surface area contributed by atoms with Crippen LogP contribution in [0, 0.1) is 5.41 Å². The standard InChI is InChI=1S/C7H9N3.ClH/c8-7(10-9)6-4-2-1-3-5-6;/h1-5H,9H2,(H2,8,10);1H. The Morgan fingerprint density at radius 1 is 1.27 bits per heavy atom. The Balaban J connectivity index is 0.000001000. The van der Waals surface area contributed by atoms with E-state index in [9.17, 15) is 0 Å².